The van der Waals surface area contributed by atoms with Crippen LogP contribution in [-0.2, 0) is 16.0 Å². The standard InChI is InChI=1S/C15H17N3O2/c1-2-20-15(19)14(16)7-11-3-5-12(6-4-11)13-8-17-10-18-9-13/h3-6,8-10,14H,2,7,16H2,1H3. The molecule has 0 saturated heterocycles. The minimum Gasteiger partial charge on any atom is -0.465 e. The van der Waals surface area contributed by atoms with Crippen molar-refractivity contribution < 1.29 is 9.53 Å². The van der Waals surface area contributed by atoms with E-state index in [0.29, 0.717) is 13.0 Å². The topological polar surface area (TPSA) is 78.1 Å². The number of aromatic nitrogens is 2. The maximum absolute atomic E-state index is 11.5. The summed E-state index contributed by atoms with van der Waals surface area (Å²) in [5, 5.41) is 0. The molecule has 1 heterocycles. The Morgan fingerprint density at radius 1 is 1.20 bits per heavy atom. The van der Waals surface area contributed by atoms with Crippen LogP contribution in [0.25, 0.3) is 11.1 Å². The molecule has 1 unspecified atom stereocenters. The van der Waals surface area contributed by atoms with Crippen LogP contribution in [0.3, 0.4) is 0 Å². The zero-order valence-corrected chi connectivity index (χ0v) is 11.3. The third kappa shape index (κ3) is 3.61. The van der Waals surface area contributed by atoms with Crippen molar-refractivity contribution in [2.75, 3.05) is 6.61 Å². The van der Waals surface area contributed by atoms with E-state index in [1.54, 1.807) is 19.3 Å². The first kappa shape index (κ1) is 14.1. The molecule has 0 spiro atoms. The molecular formula is C15H17N3O2. The fourth-order valence-corrected chi connectivity index (χ4v) is 1.87. The largest absolute Gasteiger partial charge is 0.465 e. The van der Waals surface area contributed by atoms with Crippen molar-refractivity contribution >= 4 is 5.97 Å². The Morgan fingerprint density at radius 3 is 2.45 bits per heavy atom. The summed E-state index contributed by atoms with van der Waals surface area (Å²) in [4.78, 5) is 19.4. The van der Waals surface area contributed by atoms with Crippen molar-refractivity contribution in [1.82, 2.24) is 9.97 Å². The van der Waals surface area contributed by atoms with Gasteiger partial charge in [0, 0.05) is 18.0 Å². The average molecular weight is 271 g/mol. The number of ether oxygens (including phenoxy) is 1. The number of esters is 1. The molecule has 0 amide bonds. The van der Waals surface area contributed by atoms with Gasteiger partial charge < -0.3 is 10.5 Å². The van der Waals surface area contributed by atoms with Crippen LogP contribution >= 0.6 is 0 Å². The van der Waals surface area contributed by atoms with E-state index in [9.17, 15) is 4.79 Å². The molecule has 5 heteroatoms. The Labute approximate surface area is 117 Å². The molecule has 5 nitrogen and oxygen atoms in total. The predicted molar refractivity (Wildman–Crippen MR) is 75.8 cm³/mol. The number of nitrogens with two attached hydrogens (primary N) is 1. The molecule has 0 aliphatic heterocycles. The molecule has 1 atom stereocenters. The predicted octanol–water partition coefficient (Wildman–Crippen LogP) is 1.58. The molecule has 2 rings (SSSR count). The van der Waals surface area contributed by atoms with Gasteiger partial charge in [0.25, 0.3) is 0 Å². The lowest BCUT2D eigenvalue weighted by Crippen LogP contribution is -2.34. The van der Waals surface area contributed by atoms with E-state index in [0.717, 1.165) is 16.7 Å². The summed E-state index contributed by atoms with van der Waals surface area (Å²) >= 11 is 0. The van der Waals surface area contributed by atoms with E-state index in [4.69, 9.17) is 10.5 Å². The molecule has 1 aromatic heterocycles. The van der Waals surface area contributed by atoms with Crippen molar-refractivity contribution in [3.05, 3.63) is 48.5 Å². The van der Waals surface area contributed by atoms with Crippen LogP contribution in [0.1, 0.15) is 12.5 Å². The first-order valence-electron chi connectivity index (χ1n) is 6.47. The van der Waals surface area contributed by atoms with Crippen molar-refractivity contribution in [2.24, 2.45) is 5.73 Å². The van der Waals surface area contributed by atoms with Gasteiger partial charge in [-0.3, -0.25) is 4.79 Å². The van der Waals surface area contributed by atoms with Gasteiger partial charge in [-0.1, -0.05) is 24.3 Å². The second kappa shape index (κ2) is 6.77. The summed E-state index contributed by atoms with van der Waals surface area (Å²) < 4.78 is 4.89. The van der Waals surface area contributed by atoms with Gasteiger partial charge in [-0.25, -0.2) is 9.97 Å². The summed E-state index contributed by atoms with van der Waals surface area (Å²) in [5.74, 6) is -0.368. The van der Waals surface area contributed by atoms with Crippen LogP contribution < -0.4 is 5.73 Å². The van der Waals surface area contributed by atoms with E-state index < -0.39 is 6.04 Å². The normalized spacial score (nSPS) is 11.9. The van der Waals surface area contributed by atoms with Crippen molar-refractivity contribution in [1.29, 1.82) is 0 Å². The third-order valence-electron chi connectivity index (χ3n) is 2.89. The fraction of sp³-hybridized carbons (Fsp3) is 0.267. The average Bonchev–Trinajstić information content (AvgIpc) is 2.49. The Bertz CT molecular complexity index is 555. The van der Waals surface area contributed by atoms with Gasteiger partial charge in [0.05, 0.1) is 6.61 Å². The van der Waals surface area contributed by atoms with E-state index >= 15 is 0 Å². The Hall–Kier alpha value is -2.27. The maximum Gasteiger partial charge on any atom is 0.323 e. The van der Waals surface area contributed by atoms with Gasteiger partial charge >= 0.3 is 5.97 Å². The van der Waals surface area contributed by atoms with Gasteiger partial charge in [-0.2, -0.15) is 0 Å². The zero-order chi connectivity index (χ0) is 14.4. The maximum atomic E-state index is 11.5. The van der Waals surface area contributed by atoms with Crippen molar-refractivity contribution in [3.63, 3.8) is 0 Å². The molecule has 1 aromatic carbocycles. The van der Waals surface area contributed by atoms with Crippen LogP contribution in [-0.4, -0.2) is 28.6 Å². The van der Waals surface area contributed by atoms with Crippen LogP contribution in [0, 0.1) is 0 Å². The minimum absolute atomic E-state index is 0.347. The number of nitrogens with zero attached hydrogens (tertiary/aromatic N) is 2. The van der Waals surface area contributed by atoms with Gasteiger partial charge in [0.15, 0.2) is 0 Å². The molecule has 0 aliphatic carbocycles. The number of carbonyl (C=O) groups is 1. The molecule has 104 valence electrons. The quantitative estimate of drug-likeness (QED) is 0.835. The highest BCUT2D eigenvalue weighted by Crippen LogP contribution is 2.18. The summed E-state index contributed by atoms with van der Waals surface area (Å²) in [6, 6.07) is 7.20. The van der Waals surface area contributed by atoms with Crippen molar-refractivity contribution in [3.8, 4) is 11.1 Å². The Morgan fingerprint density at radius 2 is 1.85 bits per heavy atom. The Kier molecular flexibility index (Phi) is 4.79. The van der Waals surface area contributed by atoms with E-state index in [-0.39, 0.29) is 5.97 Å². The first-order chi connectivity index (χ1) is 9.70. The number of hydrogen-bond donors (Lipinski definition) is 1. The molecule has 0 saturated carbocycles. The molecule has 20 heavy (non-hydrogen) atoms. The second-order valence-corrected chi connectivity index (χ2v) is 4.39. The van der Waals surface area contributed by atoms with Crippen LogP contribution in [0.15, 0.2) is 43.0 Å². The summed E-state index contributed by atoms with van der Waals surface area (Å²) in [7, 11) is 0. The lowest BCUT2D eigenvalue weighted by atomic mass is 10.0. The van der Waals surface area contributed by atoms with Crippen molar-refractivity contribution in [2.45, 2.75) is 19.4 Å². The molecular weight excluding hydrogens is 254 g/mol. The van der Waals surface area contributed by atoms with Crippen LogP contribution in [0.5, 0.6) is 0 Å². The second-order valence-electron chi connectivity index (χ2n) is 4.39. The lowest BCUT2D eigenvalue weighted by molar-refractivity contribution is -0.144. The number of hydrogen-bond acceptors (Lipinski definition) is 5. The number of carbonyl (C=O) groups excluding carboxylic acids is 1. The smallest absolute Gasteiger partial charge is 0.323 e. The highest BCUT2D eigenvalue weighted by Gasteiger charge is 2.14. The summed E-state index contributed by atoms with van der Waals surface area (Å²) in [5.41, 5.74) is 8.76. The van der Waals surface area contributed by atoms with Gasteiger partial charge in [0.1, 0.15) is 12.4 Å². The molecule has 0 radical (unpaired) electrons. The number of rotatable bonds is 5. The van der Waals surface area contributed by atoms with Gasteiger partial charge in [-0.05, 0) is 24.5 Å². The van der Waals surface area contributed by atoms with E-state index in [2.05, 4.69) is 9.97 Å². The molecule has 2 aromatic rings. The van der Waals surface area contributed by atoms with Gasteiger partial charge in [-0.15, -0.1) is 0 Å². The van der Waals surface area contributed by atoms with Gasteiger partial charge in [0.2, 0.25) is 0 Å². The van der Waals surface area contributed by atoms with Crippen LogP contribution in [0.4, 0.5) is 0 Å². The third-order valence-corrected chi connectivity index (χ3v) is 2.89. The highest BCUT2D eigenvalue weighted by molar-refractivity contribution is 5.76. The molecule has 2 N–H and O–H groups in total. The Balaban J connectivity index is 2.04. The minimum atomic E-state index is -0.624. The zero-order valence-electron chi connectivity index (χ0n) is 11.3. The SMILES string of the molecule is CCOC(=O)C(N)Cc1ccc(-c2cncnc2)cc1. The summed E-state index contributed by atoms with van der Waals surface area (Å²) in [6.07, 6.45) is 5.47. The first-order valence-corrected chi connectivity index (χ1v) is 6.47. The molecule has 0 bridgehead atoms. The highest BCUT2D eigenvalue weighted by atomic mass is 16.5. The van der Waals surface area contributed by atoms with E-state index in [1.807, 2.05) is 24.3 Å². The molecule has 0 aliphatic rings. The van der Waals surface area contributed by atoms with E-state index in [1.165, 1.54) is 6.33 Å². The lowest BCUT2D eigenvalue weighted by Gasteiger charge is -2.10. The summed E-state index contributed by atoms with van der Waals surface area (Å²) in [6.45, 7) is 2.11. The number of benzene rings is 1. The fourth-order valence-electron chi connectivity index (χ4n) is 1.87. The monoisotopic (exact) mass is 271 g/mol. The molecule has 0 fully saturated rings. The van der Waals surface area contributed by atoms with Crippen LogP contribution in [0.2, 0.25) is 0 Å².